The Morgan fingerprint density at radius 3 is 2.52 bits per heavy atom. The molecule has 0 radical (unpaired) electrons. The van der Waals surface area contributed by atoms with Crippen LogP contribution in [0.3, 0.4) is 0 Å². The third-order valence-electron chi connectivity index (χ3n) is 6.46. The molecule has 0 atom stereocenters. The first kappa shape index (κ1) is 21.4. The van der Waals surface area contributed by atoms with E-state index in [-0.39, 0.29) is 23.1 Å². The van der Waals surface area contributed by atoms with E-state index in [1.165, 1.54) is 4.90 Å². The molecule has 164 valence electrons. The molecule has 0 aliphatic carbocycles. The number of hydrogen-bond acceptors (Lipinski definition) is 6. The maximum Gasteiger partial charge on any atom is 0.235 e. The summed E-state index contributed by atoms with van der Waals surface area (Å²) in [6, 6.07) is 4.14. The van der Waals surface area contributed by atoms with Gasteiger partial charge in [-0.25, -0.2) is 9.97 Å². The summed E-state index contributed by atoms with van der Waals surface area (Å²) in [5.74, 6) is 0.163. The summed E-state index contributed by atoms with van der Waals surface area (Å²) in [5.41, 5.74) is 1.47. The minimum Gasteiger partial charge on any atom is -0.328 e. The fraction of sp³-hybridized carbons (Fsp3) is 0.609. The highest BCUT2D eigenvalue weighted by atomic mass is 16.2. The molecule has 4 rings (SSSR count). The van der Waals surface area contributed by atoms with Gasteiger partial charge >= 0.3 is 0 Å². The van der Waals surface area contributed by atoms with E-state index in [1.807, 2.05) is 13.0 Å². The summed E-state index contributed by atoms with van der Waals surface area (Å²) in [7, 11) is 0. The Morgan fingerprint density at radius 2 is 1.94 bits per heavy atom. The number of fused-ring (bicyclic) bond motifs is 1. The largest absolute Gasteiger partial charge is 0.328 e. The Morgan fingerprint density at radius 1 is 1.23 bits per heavy atom. The van der Waals surface area contributed by atoms with Crippen molar-refractivity contribution in [3.8, 4) is 6.07 Å². The molecular weight excluding hydrogens is 392 g/mol. The molecule has 2 saturated heterocycles. The van der Waals surface area contributed by atoms with Crippen molar-refractivity contribution in [2.45, 2.75) is 60.0 Å². The summed E-state index contributed by atoms with van der Waals surface area (Å²) < 4.78 is 2.20. The van der Waals surface area contributed by atoms with Gasteiger partial charge in [0.05, 0.1) is 5.41 Å². The minimum atomic E-state index is -0.505. The van der Waals surface area contributed by atoms with Crippen LogP contribution in [-0.2, 0) is 22.7 Å². The zero-order chi connectivity index (χ0) is 22.4. The first-order valence-electron chi connectivity index (χ1n) is 11.0. The molecule has 0 aromatic carbocycles. The third kappa shape index (κ3) is 3.94. The predicted molar refractivity (Wildman–Crippen MR) is 116 cm³/mol. The number of rotatable bonds is 4. The minimum absolute atomic E-state index is 0.0146. The molecule has 0 bridgehead atoms. The van der Waals surface area contributed by atoms with E-state index in [0.717, 1.165) is 42.9 Å². The Balaban J connectivity index is 1.56. The number of amides is 2. The van der Waals surface area contributed by atoms with Crippen LogP contribution in [0.4, 0.5) is 0 Å². The van der Waals surface area contributed by atoms with Crippen molar-refractivity contribution in [2.75, 3.05) is 19.6 Å². The summed E-state index contributed by atoms with van der Waals surface area (Å²) >= 11 is 0. The van der Waals surface area contributed by atoms with E-state index in [0.29, 0.717) is 25.8 Å². The van der Waals surface area contributed by atoms with Crippen molar-refractivity contribution >= 4 is 22.8 Å². The second-order valence-corrected chi connectivity index (χ2v) is 10.0. The third-order valence-corrected chi connectivity index (χ3v) is 6.46. The van der Waals surface area contributed by atoms with E-state index in [9.17, 15) is 14.9 Å². The highest BCUT2D eigenvalue weighted by molar-refractivity contribution is 6.05. The molecule has 2 aromatic rings. The van der Waals surface area contributed by atoms with Crippen LogP contribution in [-0.4, -0.2) is 55.8 Å². The van der Waals surface area contributed by atoms with Crippen molar-refractivity contribution in [2.24, 2.45) is 10.8 Å². The zero-order valence-electron chi connectivity index (χ0n) is 18.8. The molecule has 1 spiro atoms. The van der Waals surface area contributed by atoms with Gasteiger partial charge in [-0.2, -0.15) is 5.26 Å². The molecule has 2 aromatic heterocycles. The Labute approximate surface area is 182 Å². The van der Waals surface area contributed by atoms with Crippen LogP contribution in [0.2, 0.25) is 0 Å². The van der Waals surface area contributed by atoms with Gasteiger partial charge in [0.1, 0.15) is 11.7 Å². The van der Waals surface area contributed by atoms with Gasteiger partial charge in [-0.05, 0) is 44.3 Å². The second-order valence-electron chi connectivity index (χ2n) is 10.0. The summed E-state index contributed by atoms with van der Waals surface area (Å²) in [6.45, 7) is 11.9. The monoisotopic (exact) mass is 422 g/mol. The number of aromatic nitrogens is 3. The molecule has 0 unspecified atom stereocenters. The number of likely N-dealkylation sites (tertiary alicyclic amines) is 2. The van der Waals surface area contributed by atoms with E-state index in [1.54, 1.807) is 6.20 Å². The SMILES string of the molecule is CCN1C(=O)CC2(CCN(Cc3cc4cnc(C#N)nc4n3CC(C)(C)C)CC2)C1=O. The van der Waals surface area contributed by atoms with Crippen LogP contribution >= 0.6 is 0 Å². The van der Waals surface area contributed by atoms with Crippen LogP contribution in [0, 0.1) is 22.2 Å². The van der Waals surface area contributed by atoms with Crippen molar-refractivity contribution in [1.29, 1.82) is 5.26 Å². The molecule has 4 heterocycles. The number of nitriles is 1. The molecular formula is C23H30N6O2. The van der Waals surface area contributed by atoms with Crippen LogP contribution in [0.15, 0.2) is 12.3 Å². The molecule has 2 aliphatic heterocycles. The lowest BCUT2D eigenvalue weighted by atomic mass is 9.77. The number of nitrogens with zero attached hydrogens (tertiary/aromatic N) is 6. The number of hydrogen-bond donors (Lipinski definition) is 0. The van der Waals surface area contributed by atoms with Gasteiger partial charge in [0.25, 0.3) is 0 Å². The number of carbonyl (C=O) groups excluding carboxylic acids is 2. The van der Waals surface area contributed by atoms with Gasteiger partial charge in [-0.3, -0.25) is 19.4 Å². The zero-order valence-corrected chi connectivity index (χ0v) is 18.8. The number of imide groups is 1. The van der Waals surface area contributed by atoms with Crippen LogP contribution in [0.5, 0.6) is 0 Å². The van der Waals surface area contributed by atoms with E-state index < -0.39 is 5.41 Å². The van der Waals surface area contributed by atoms with Crippen molar-refractivity contribution in [3.63, 3.8) is 0 Å². The number of carbonyl (C=O) groups is 2. The summed E-state index contributed by atoms with van der Waals surface area (Å²) in [5, 5.41) is 10.2. The lowest BCUT2D eigenvalue weighted by Crippen LogP contribution is -2.44. The van der Waals surface area contributed by atoms with E-state index in [4.69, 9.17) is 0 Å². The number of piperidine rings is 1. The lowest BCUT2D eigenvalue weighted by Gasteiger charge is -2.37. The first-order chi connectivity index (χ1) is 14.7. The highest BCUT2D eigenvalue weighted by Gasteiger charge is 2.51. The van der Waals surface area contributed by atoms with Crippen molar-refractivity contribution in [3.05, 3.63) is 23.8 Å². The smallest absolute Gasteiger partial charge is 0.235 e. The molecule has 8 nitrogen and oxygen atoms in total. The van der Waals surface area contributed by atoms with Crippen LogP contribution in [0.25, 0.3) is 11.0 Å². The van der Waals surface area contributed by atoms with E-state index in [2.05, 4.69) is 46.3 Å². The normalized spacial score (nSPS) is 19.5. The average Bonchev–Trinajstić information content (AvgIpc) is 3.16. The molecule has 0 saturated carbocycles. The average molecular weight is 423 g/mol. The van der Waals surface area contributed by atoms with Gasteiger partial charge in [0.15, 0.2) is 0 Å². The highest BCUT2D eigenvalue weighted by Crippen LogP contribution is 2.42. The topological polar surface area (TPSA) is 95.1 Å². The molecule has 8 heteroatoms. The molecule has 31 heavy (non-hydrogen) atoms. The first-order valence-corrected chi connectivity index (χ1v) is 11.0. The Bertz CT molecular complexity index is 1070. The van der Waals surface area contributed by atoms with Crippen molar-refractivity contribution in [1.82, 2.24) is 24.3 Å². The van der Waals surface area contributed by atoms with Gasteiger partial charge in [-0.1, -0.05) is 20.8 Å². The van der Waals surface area contributed by atoms with Gasteiger partial charge in [0, 0.05) is 43.3 Å². The Kier molecular flexibility index (Phi) is 5.34. The fourth-order valence-corrected chi connectivity index (χ4v) is 4.87. The second kappa shape index (κ2) is 7.72. The van der Waals surface area contributed by atoms with E-state index >= 15 is 0 Å². The summed E-state index contributed by atoms with van der Waals surface area (Å²) in [6.07, 6.45) is 3.50. The van der Waals surface area contributed by atoms with Gasteiger partial charge in [-0.15, -0.1) is 0 Å². The van der Waals surface area contributed by atoms with Gasteiger partial charge in [0.2, 0.25) is 17.6 Å². The fourth-order valence-electron chi connectivity index (χ4n) is 4.87. The Hall–Kier alpha value is -2.79. The maximum absolute atomic E-state index is 12.8. The maximum atomic E-state index is 12.8. The van der Waals surface area contributed by atoms with Gasteiger partial charge < -0.3 is 4.57 Å². The molecule has 2 fully saturated rings. The quantitative estimate of drug-likeness (QED) is 0.703. The molecule has 0 N–H and O–H groups in total. The standard InChI is InChI=1S/C23H30N6O2/c1-5-28-19(30)11-23(21(28)31)6-8-27(9-7-23)14-17-10-16-13-25-18(12-24)26-20(16)29(17)15-22(2,3)4/h10,13H,5-9,11,14-15H2,1-4H3. The summed E-state index contributed by atoms with van der Waals surface area (Å²) in [4.78, 5) is 37.4. The lowest BCUT2D eigenvalue weighted by molar-refractivity contribution is -0.142. The predicted octanol–water partition coefficient (Wildman–Crippen LogP) is 2.71. The molecule has 2 aliphatic rings. The molecule has 2 amide bonds. The van der Waals surface area contributed by atoms with Crippen molar-refractivity contribution < 1.29 is 9.59 Å². The van der Waals surface area contributed by atoms with Crippen LogP contribution in [0.1, 0.15) is 58.5 Å². The van der Waals surface area contributed by atoms with Crippen LogP contribution < -0.4 is 0 Å².